The number of hydrogen-bond acceptors (Lipinski definition) is 4. The van der Waals surface area contributed by atoms with Gasteiger partial charge in [0.15, 0.2) is 5.43 Å². The molecule has 5 nitrogen and oxygen atoms in total. The molecule has 136 valence electrons. The molecule has 27 heavy (non-hydrogen) atoms. The minimum Gasteiger partial charge on any atom is -0.494 e. The maximum Gasteiger partial charge on any atom is 0.335 e. The molecule has 0 radical (unpaired) electrons. The number of carbonyl (C=O) groups is 1. The molecular formula is C22H18O5. The zero-order valence-corrected chi connectivity index (χ0v) is 14.8. The van der Waals surface area contributed by atoms with Crippen molar-refractivity contribution in [2.45, 2.75) is 19.8 Å². The van der Waals surface area contributed by atoms with Gasteiger partial charge in [-0.25, -0.2) is 4.79 Å². The van der Waals surface area contributed by atoms with Crippen molar-refractivity contribution in [1.82, 2.24) is 0 Å². The smallest absolute Gasteiger partial charge is 0.335 e. The van der Waals surface area contributed by atoms with E-state index in [9.17, 15) is 9.59 Å². The molecule has 2 aromatic carbocycles. The highest BCUT2D eigenvalue weighted by atomic mass is 16.5. The lowest BCUT2D eigenvalue weighted by Gasteiger charge is -2.05. The van der Waals surface area contributed by atoms with E-state index in [-0.39, 0.29) is 11.0 Å². The highest BCUT2D eigenvalue weighted by molar-refractivity contribution is 5.94. The molecule has 0 fully saturated rings. The van der Waals surface area contributed by atoms with Crippen LogP contribution in [0.25, 0.3) is 22.6 Å². The summed E-state index contributed by atoms with van der Waals surface area (Å²) in [5.74, 6) is 0.357. The molecule has 0 unspecified atom stereocenters. The second kappa shape index (κ2) is 6.76. The van der Waals surface area contributed by atoms with E-state index in [1.807, 2.05) is 37.3 Å². The van der Waals surface area contributed by atoms with Crippen molar-refractivity contribution in [3.63, 3.8) is 0 Å². The highest BCUT2D eigenvalue weighted by Gasteiger charge is 2.24. The number of rotatable bonds is 4. The largest absolute Gasteiger partial charge is 0.494 e. The maximum atomic E-state index is 12.8. The fourth-order valence-electron chi connectivity index (χ4n) is 3.39. The third-order valence-corrected chi connectivity index (χ3v) is 4.70. The van der Waals surface area contributed by atoms with Crippen molar-refractivity contribution >= 4 is 28.6 Å². The summed E-state index contributed by atoms with van der Waals surface area (Å²) < 4.78 is 11.4. The van der Waals surface area contributed by atoms with Crippen LogP contribution in [-0.2, 0) is 6.42 Å². The van der Waals surface area contributed by atoms with Gasteiger partial charge in [-0.05, 0) is 67.3 Å². The second-order valence-electron chi connectivity index (χ2n) is 6.43. The fraction of sp³-hybridized carbons (Fsp3) is 0.182. The van der Waals surface area contributed by atoms with Gasteiger partial charge >= 0.3 is 5.97 Å². The molecule has 0 saturated heterocycles. The van der Waals surface area contributed by atoms with Crippen molar-refractivity contribution < 1.29 is 19.1 Å². The van der Waals surface area contributed by atoms with Crippen LogP contribution in [0, 0.1) is 0 Å². The summed E-state index contributed by atoms with van der Waals surface area (Å²) in [7, 11) is 0. The van der Waals surface area contributed by atoms with Gasteiger partial charge in [0, 0.05) is 5.56 Å². The molecule has 0 aliphatic heterocycles. The Morgan fingerprint density at radius 1 is 1.19 bits per heavy atom. The summed E-state index contributed by atoms with van der Waals surface area (Å²) in [5.41, 5.74) is 2.92. The summed E-state index contributed by atoms with van der Waals surface area (Å²) in [6, 6.07) is 12.1. The summed E-state index contributed by atoms with van der Waals surface area (Å²) in [4.78, 5) is 24.0. The average molecular weight is 362 g/mol. The normalized spacial score (nSPS) is 14.5. The SMILES string of the molecule is CCOc1ccc(/C=C2\CCc3c2oc2ccc(C(=O)O)cc2c3=O)cc1. The molecule has 1 heterocycles. The number of fused-ring (bicyclic) bond motifs is 2. The first-order chi connectivity index (χ1) is 13.1. The lowest BCUT2D eigenvalue weighted by Crippen LogP contribution is -2.09. The zero-order chi connectivity index (χ0) is 19.0. The Kier molecular flexibility index (Phi) is 4.28. The first-order valence-corrected chi connectivity index (χ1v) is 8.83. The van der Waals surface area contributed by atoms with E-state index in [1.54, 1.807) is 6.07 Å². The van der Waals surface area contributed by atoms with Gasteiger partial charge in [-0.15, -0.1) is 0 Å². The third kappa shape index (κ3) is 3.12. The molecular weight excluding hydrogens is 344 g/mol. The molecule has 4 rings (SSSR count). The van der Waals surface area contributed by atoms with Crippen molar-refractivity contribution in [3.05, 3.63) is 75.1 Å². The second-order valence-corrected chi connectivity index (χ2v) is 6.43. The van der Waals surface area contributed by atoms with Gasteiger partial charge in [0.1, 0.15) is 17.1 Å². The van der Waals surface area contributed by atoms with Gasteiger partial charge in [-0.3, -0.25) is 4.79 Å². The van der Waals surface area contributed by atoms with E-state index in [2.05, 4.69) is 0 Å². The Morgan fingerprint density at radius 3 is 2.67 bits per heavy atom. The van der Waals surface area contributed by atoms with Crippen LogP contribution in [0.1, 0.15) is 40.6 Å². The molecule has 5 heteroatoms. The molecule has 0 bridgehead atoms. The molecule has 0 amide bonds. The van der Waals surface area contributed by atoms with Gasteiger partial charge in [0.05, 0.1) is 17.6 Å². The minimum absolute atomic E-state index is 0.0814. The number of benzene rings is 2. The number of carboxylic acids is 1. The molecule has 1 aliphatic rings. The predicted molar refractivity (Wildman–Crippen MR) is 103 cm³/mol. The highest BCUT2D eigenvalue weighted by Crippen LogP contribution is 2.34. The van der Waals surface area contributed by atoms with Crippen LogP contribution >= 0.6 is 0 Å². The number of carboxylic acid groups (broad SMARTS) is 1. The van der Waals surface area contributed by atoms with E-state index in [4.69, 9.17) is 14.3 Å². The summed E-state index contributed by atoms with van der Waals surface area (Å²) in [6.45, 7) is 2.56. The number of ether oxygens (including phenoxy) is 1. The minimum atomic E-state index is -1.06. The Labute approximate surface area is 155 Å². The number of aromatic carboxylic acids is 1. The van der Waals surface area contributed by atoms with Crippen LogP contribution in [0.5, 0.6) is 5.75 Å². The third-order valence-electron chi connectivity index (χ3n) is 4.70. The molecule has 0 spiro atoms. The predicted octanol–water partition coefficient (Wildman–Crippen LogP) is 4.38. The molecule has 1 aliphatic carbocycles. The Bertz CT molecular complexity index is 1120. The first-order valence-electron chi connectivity index (χ1n) is 8.83. The number of hydrogen-bond donors (Lipinski definition) is 1. The monoisotopic (exact) mass is 362 g/mol. The molecule has 0 atom stereocenters. The first kappa shape index (κ1) is 17.1. The van der Waals surface area contributed by atoms with Gasteiger partial charge < -0.3 is 14.3 Å². The standard InChI is InChI=1S/C22H18O5/c1-2-26-16-7-3-13(4-8-16)11-14-5-9-17-20(23)18-12-15(22(24)25)6-10-19(18)27-21(14)17/h3-4,6-8,10-12H,2,5,9H2,1H3,(H,24,25)/b14-11+. The zero-order valence-electron chi connectivity index (χ0n) is 14.8. The van der Waals surface area contributed by atoms with E-state index in [1.165, 1.54) is 12.1 Å². The molecule has 1 N–H and O–H groups in total. The molecule has 1 aromatic heterocycles. The maximum absolute atomic E-state index is 12.8. The van der Waals surface area contributed by atoms with Crippen molar-refractivity contribution in [2.24, 2.45) is 0 Å². The Hall–Kier alpha value is -3.34. The molecule has 3 aromatic rings. The Balaban J connectivity index is 1.77. The van der Waals surface area contributed by atoms with E-state index < -0.39 is 5.97 Å². The topological polar surface area (TPSA) is 76.7 Å². The van der Waals surface area contributed by atoms with Crippen molar-refractivity contribution in [2.75, 3.05) is 6.61 Å². The quantitative estimate of drug-likeness (QED) is 0.745. The van der Waals surface area contributed by atoms with Gasteiger partial charge in [-0.2, -0.15) is 0 Å². The average Bonchev–Trinajstić information content (AvgIpc) is 3.06. The summed E-state index contributed by atoms with van der Waals surface area (Å²) in [5, 5.41) is 9.45. The lowest BCUT2D eigenvalue weighted by molar-refractivity contribution is 0.0697. The van der Waals surface area contributed by atoms with Gasteiger partial charge in [0.25, 0.3) is 0 Å². The number of allylic oxidation sites excluding steroid dienone is 1. The Morgan fingerprint density at radius 2 is 1.96 bits per heavy atom. The van der Waals surface area contributed by atoms with Gasteiger partial charge in [-0.1, -0.05) is 12.1 Å². The van der Waals surface area contributed by atoms with Crippen LogP contribution in [0.4, 0.5) is 0 Å². The van der Waals surface area contributed by atoms with Crippen LogP contribution < -0.4 is 10.2 Å². The van der Waals surface area contributed by atoms with Crippen LogP contribution in [-0.4, -0.2) is 17.7 Å². The summed E-state index contributed by atoms with van der Waals surface area (Å²) >= 11 is 0. The van der Waals surface area contributed by atoms with Crippen LogP contribution in [0.3, 0.4) is 0 Å². The van der Waals surface area contributed by atoms with E-state index in [0.29, 0.717) is 41.7 Å². The van der Waals surface area contributed by atoms with Crippen molar-refractivity contribution in [3.8, 4) is 5.75 Å². The molecule has 0 saturated carbocycles. The van der Waals surface area contributed by atoms with Crippen LogP contribution in [0.2, 0.25) is 0 Å². The van der Waals surface area contributed by atoms with Gasteiger partial charge in [0.2, 0.25) is 0 Å². The summed E-state index contributed by atoms with van der Waals surface area (Å²) in [6.07, 6.45) is 3.32. The van der Waals surface area contributed by atoms with E-state index in [0.717, 1.165) is 16.9 Å². The van der Waals surface area contributed by atoms with E-state index >= 15 is 0 Å². The lowest BCUT2D eigenvalue weighted by atomic mass is 10.1. The van der Waals surface area contributed by atoms with Crippen LogP contribution in [0.15, 0.2) is 51.7 Å². The van der Waals surface area contributed by atoms with Crippen molar-refractivity contribution in [1.29, 1.82) is 0 Å². The fourth-order valence-corrected chi connectivity index (χ4v) is 3.39.